The van der Waals surface area contributed by atoms with E-state index in [0.717, 1.165) is 5.56 Å². The minimum absolute atomic E-state index is 0.408. The molecule has 0 unspecified atom stereocenters. The second kappa shape index (κ2) is 6.53. The number of benzene rings is 1. The van der Waals surface area contributed by atoms with Gasteiger partial charge in [0.05, 0.1) is 0 Å². The molecule has 0 aliphatic heterocycles. The van der Waals surface area contributed by atoms with Gasteiger partial charge in [0.25, 0.3) is 0 Å². The van der Waals surface area contributed by atoms with Crippen molar-refractivity contribution in [3.8, 4) is 0 Å². The Kier molecular flexibility index (Phi) is 4.74. The average molecular weight is 260 g/mol. The van der Waals surface area contributed by atoms with E-state index in [-0.39, 0.29) is 0 Å². The van der Waals surface area contributed by atoms with Crippen molar-refractivity contribution in [2.75, 3.05) is 0 Å². The molecule has 3 heteroatoms. The summed E-state index contributed by atoms with van der Waals surface area (Å²) >= 11 is 0. The van der Waals surface area contributed by atoms with Crippen LogP contribution in [0.5, 0.6) is 0 Å². The third kappa shape index (κ3) is 3.44. The lowest BCUT2D eigenvalue weighted by Gasteiger charge is -2.23. The van der Waals surface area contributed by atoms with Crippen LogP contribution >= 0.6 is 0 Å². The van der Waals surface area contributed by atoms with Crippen molar-refractivity contribution in [2.45, 2.75) is 44.9 Å². The first-order chi connectivity index (χ1) is 9.22. The molecule has 19 heavy (non-hydrogen) atoms. The van der Waals surface area contributed by atoms with Crippen molar-refractivity contribution in [1.82, 2.24) is 0 Å². The summed E-state index contributed by atoms with van der Waals surface area (Å²) in [6.45, 7) is 1.65. The fraction of sp³-hybridized carbons (Fsp3) is 0.438. The highest BCUT2D eigenvalue weighted by atomic mass is 17.1. The summed E-state index contributed by atoms with van der Waals surface area (Å²) in [5.41, 5.74) is 2.76. The molecule has 1 aliphatic rings. The van der Waals surface area contributed by atoms with Crippen molar-refractivity contribution >= 4 is 12.0 Å². The second-order valence-electron chi connectivity index (χ2n) is 5.17. The predicted octanol–water partition coefficient (Wildman–Crippen LogP) is 4.15. The lowest BCUT2D eigenvalue weighted by atomic mass is 9.82. The molecule has 0 radical (unpaired) electrons. The Hall–Kier alpha value is -1.61. The summed E-state index contributed by atoms with van der Waals surface area (Å²) in [6, 6.07) is 8.16. The van der Waals surface area contributed by atoms with Gasteiger partial charge in [0.2, 0.25) is 0 Å². The van der Waals surface area contributed by atoms with Crippen LogP contribution in [0.15, 0.2) is 29.8 Å². The number of carbonyl (C=O) groups excluding carboxylic acids is 1. The molecule has 1 aliphatic carbocycles. The van der Waals surface area contributed by atoms with Crippen LogP contribution in [0.4, 0.5) is 0 Å². The highest BCUT2D eigenvalue weighted by Gasteiger charge is 2.18. The van der Waals surface area contributed by atoms with Crippen LogP contribution in [0, 0.1) is 0 Å². The fourth-order valence-corrected chi connectivity index (χ4v) is 2.79. The molecule has 0 atom stereocenters. The SMILES string of the molecule is CC(=Cc1ccccc1C1CCCCC1)C(=O)OO. The Morgan fingerprint density at radius 3 is 2.63 bits per heavy atom. The quantitative estimate of drug-likeness (QED) is 0.504. The molecule has 1 fully saturated rings. The smallest absolute Gasteiger partial charge is 0.296 e. The fourth-order valence-electron chi connectivity index (χ4n) is 2.79. The summed E-state index contributed by atoms with van der Waals surface area (Å²) < 4.78 is 0. The van der Waals surface area contributed by atoms with Gasteiger partial charge < -0.3 is 0 Å². The number of hydrogen-bond donors (Lipinski definition) is 1. The Balaban J connectivity index is 2.27. The maximum Gasteiger partial charge on any atom is 0.368 e. The minimum Gasteiger partial charge on any atom is -0.296 e. The largest absolute Gasteiger partial charge is 0.368 e. The van der Waals surface area contributed by atoms with E-state index in [0.29, 0.717) is 11.5 Å². The summed E-state index contributed by atoms with van der Waals surface area (Å²) in [4.78, 5) is 15.0. The van der Waals surface area contributed by atoms with E-state index in [4.69, 9.17) is 5.26 Å². The van der Waals surface area contributed by atoms with Gasteiger partial charge in [-0.1, -0.05) is 43.5 Å². The van der Waals surface area contributed by atoms with E-state index in [1.165, 1.54) is 37.7 Å². The molecule has 0 spiro atoms. The zero-order chi connectivity index (χ0) is 13.7. The second-order valence-corrected chi connectivity index (χ2v) is 5.17. The van der Waals surface area contributed by atoms with Crippen LogP contribution < -0.4 is 0 Å². The zero-order valence-corrected chi connectivity index (χ0v) is 11.3. The van der Waals surface area contributed by atoms with Crippen molar-refractivity contribution in [2.24, 2.45) is 0 Å². The topological polar surface area (TPSA) is 46.5 Å². The molecule has 1 aromatic carbocycles. The first kappa shape index (κ1) is 13.8. The number of carbonyl (C=O) groups is 1. The Morgan fingerprint density at radius 2 is 1.95 bits per heavy atom. The maximum absolute atomic E-state index is 11.3. The van der Waals surface area contributed by atoms with Gasteiger partial charge in [-0.2, -0.15) is 5.26 Å². The normalized spacial score (nSPS) is 17.3. The molecule has 0 heterocycles. The van der Waals surface area contributed by atoms with E-state index >= 15 is 0 Å². The highest BCUT2D eigenvalue weighted by molar-refractivity contribution is 5.92. The van der Waals surface area contributed by atoms with Gasteiger partial charge >= 0.3 is 5.97 Å². The molecular formula is C16H20O3. The molecular weight excluding hydrogens is 240 g/mol. The van der Waals surface area contributed by atoms with Gasteiger partial charge in [-0.25, -0.2) is 4.79 Å². The van der Waals surface area contributed by atoms with E-state index < -0.39 is 5.97 Å². The van der Waals surface area contributed by atoms with Gasteiger partial charge in [-0.3, -0.25) is 4.89 Å². The molecule has 1 saturated carbocycles. The van der Waals surface area contributed by atoms with Crippen molar-refractivity contribution in [3.63, 3.8) is 0 Å². The summed E-state index contributed by atoms with van der Waals surface area (Å²) in [5, 5.41) is 8.41. The van der Waals surface area contributed by atoms with Crippen LogP contribution in [0.3, 0.4) is 0 Å². The van der Waals surface area contributed by atoms with E-state index in [1.54, 1.807) is 13.0 Å². The molecule has 0 aromatic heterocycles. The van der Waals surface area contributed by atoms with Crippen LogP contribution in [-0.2, 0) is 9.68 Å². The first-order valence-corrected chi connectivity index (χ1v) is 6.85. The highest BCUT2D eigenvalue weighted by Crippen LogP contribution is 2.34. The molecule has 0 amide bonds. The van der Waals surface area contributed by atoms with Crippen molar-refractivity contribution in [3.05, 3.63) is 41.0 Å². The van der Waals surface area contributed by atoms with Crippen molar-refractivity contribution < 1.29 is 14.9 Å². The molecule has 1 N–H and O–H groups in total. The Labute approximate surface area is 113 Å². The third-order valence-corrected chi connectivity index (χ3v) is 3.82. The monoisotopic (exact) mass is 260 g/mol. The molecule has 3 nitrogen and oxygen atoms in total. The van der Waals surface area contributed by atoms with Crippen LogP contribution in [0.2, 0.25) is 0 Å². The van der Waals surface area contributed by atoms with Crippen LogP contribution in [-0.4, -0.2) is 11.2 Å². The Bertz CT molecular complexity index is 471. The third-order valence-electron chi connectivity index (χ3n) is 3.82. The van der Waals surface area contributed by atoms with Gasteiger partial charge in [-0.15, -0.1) is 0 Å². The minimum atomic E-state index is -0.696. The van der Waals surface area contributed by atoms with E-state index in [2.05, 4.69) is 11.0 Å². The summed E-state index contributed by atoms with van der Waals surface area (Å²) in [5.74, 6) is -0.113. The lowest BCUT2D eigenvalue weighted by Crippen LogP contribution is -2.07. The van der Waals surface area contributed by atoms with Gasteiger partial charge in [-0.05, 0) is 42.9 Å². The Morgan fingerprint density at radius 1 is 1.26 bits per heavy atom. The lowest BCUT2D eigenvalue weighted by molar-refractivity contribution is -0.229. The number of hydrogen-bond acceptors (Lipinski definition) is 3. The van der Waals surface area contributed by atoms with Gasteiger partial charge in [0.1, 0.15) is 0 Å². The first-order valence-electron chi connectivity index (χ1n) is 6.85. The van der Waals surface area contributed by atoms with Gasteiger partial charge in [0, 0.05) is 5.57 Å². The van der Waals surface area contributed by atoms with E-state index in [9.17, 15) is 4.79 Å². The van der Waals surface area contributed by atoms with E-state index in [1.807, 2.05) is 18.2 Å². The molecule has 1 aromatic rings. The molecule has 2 rings (SSSR count). The number of rotatable bonds is 3. The summed E-state index contributed by atoms with van der Waals surface area (Å²) in [6.07, 6.45) is 8.11. The maximum atomic E-state index is 11.3. The average Bonchev–Trinajstić information content (AvgIpc) is 2.47. The van der Waals surface area contributed by atoms with Crippen LogP contribution in [0.1, 0.15) is 56.1 Å². The molecule has 102 valence electrons. The standard InChI is InChI=1S/C16H20O3/c1-12(16(17)19-18)11-14-9-5-6-10-15(14)13-7-3-2-4-8-13/h5-6,9-11,13,18H,2-4,7-8H2,1H3. The van der Waals surface area contributed by atoms with Crippen LogP contribution in [0.25, 0.3) is 6.08 Å². The molecule has 0 saturated heterocycles. The van der Waals surface area contributed by atoms with Crippen molar-refractivity contribution in [1.29, 1.82) is 0 Å². The molecule has 0 bridgehead atoms. The summed E-state index contributed by atoms with van der Waals surface area (Å²) in [7, 11) is 0. The van der Waals surface area contributed by atoms with Gasteiger partial charge in [0.15, 0.2) is 0 Å². The zero-order valence-electron chi connectivity index (χ0n) is 11.3. The predicted molar refractivity (Wildman–Crippen MR) is 74.6 cm³/mol.